The Morgan fingerprint density at radius 3 is 2.56 bits per heavy atom. The van der Waals surface area contributed by atoms with Gasteiger partial charge in [-0.2, -0.15) is 0 Å². The first-order chi connectivity index (χ1) is 16.3. The first kappa shape index (κ1) is 24.8. The number of carbonyl (C=O) groups is 2. The van der Waals surface area contributed by atoms with E-state index in [1.807, 2.05) is 45.0 Å². The van der Waals surface area contributed by atoms with Crippen LogP contribution in [0.5, 0.6) is 11.5 Å². The summed E-state index contributed by atoms with van der Waals surface area (Å²) in [6.45, 7) is 11.9. The maximum Gasteiger partial charge on any atom is 0.269 e. The van der Waals surface area contributed by atoms with Crippen LogP contribution < -0.4 is 20.3 Å². The summed E-state index contributed by atoms with van der Waals surface area (Å²) in [5.74, 6) is 1.69. The normalized spacial score (nSPS) is 11.2. The zero-order chi connectivity index (χ0) is 24.7. The quantitative estimate of drug-likeness (QED) is 0.364. The molecule has 2 N–H and O–H groups in total. The number of carbonyl (C=O) groups excluding carboxylic acids is 2. The van der Waals surface area contributed by atoms with Gasteiger partial charge >= 0.3 is 0 Å². The van der Waals surface area contributed by atoms with Crippen LogP contribution in [-0.4, -0.2) is 34.6 Å². The van der Waals surface area contributed by atoms with Gasteiger partial charge in [0, 0.05) is 18.2 Å². The molecule has 3 aromatic rings. The van der Waals surface area contributed by atoms with E-state index in [-0.39, 0.29) is 0 Å². The van der Waals surface area contributed by atoms with Crippen molar-refractivity contribution in [2.24, 2.45) is 5.92 Å². The summed E-state index contributed by atoms with van der Waals surface area (Å²) >= 11 is 0. The number of amides is 2. The van der Waals surface area contributed by atoms with Crippen LogP contribution in [0, 0.1) is 12.8 Å². The van der Waals surface area contributed by atoms with Gasteiger partial charge in [-0.3, -0.25) is 20.4 Å². The van der Waals surface area contributed by atoms with E-state index in [0.717, 1.165) is 29.0 Å². The van der Waals surface area contributed by atoms with Gasteiger partial charge in [-0.05, 0) is 68.7 Å². The van der Waals surface area contributed by atoms with E-state index in [9.17, 15) is 9.59 Å². The lowest BCUT2D eigenvalue weighted by molar-refractivity contribution is -0.117. The van der Waals surface area contributed by atoms with Crippen LogP contribution in [0.1, 0.15) is 49.4 Å². The third kappa shape index (κ3) is 6.15. The van der Waals surface area contributed by atoms with Crippen molar-refractivity contribution in [1.29, 1.82) is 0 Å². The predicted molar refractivity (Wildman–Crippen MR) is 133 cm³/mol. The van der Waals surface area contributed by atoms with Gasteiger partial charge in [0.25, 0.3) is 11.8 Å². The van der Waals surface area contributed by atoms with Crippen LogP contribution >= 0.6 is 0 Å². The summed E-state index contributed by atoms with van der Waals surface area (Å²) in [4.78, 5) is 29.2. The number of nitrogens with one attached hydrogen (secondary N) is 2. The second-order valence-electron chi connectivity index (χ2n) is 8.23. The maximum atomic E-state index is 12.5. The molecule has 0 aliphatic rings. The Labute approximate surface area is 199 Å². The SMILES string of the molecule is CCOc1cc(/C=C/C(=O)NNC(=O)c2ccc3c(c2)nc(C)n3CC)ccc1OCC(C)C. The minimum atomic E-state index is -0.460. The minimum absolute atomic E-state index is 0.396. The van der Waals surface area contributed by atoms with Gasteiger partial charge in [0.1, 0.15) is 5.82 Å². The van der Waals surface area contributed by atoms with Crippen molar-refractivity contribution in [3.05, 3.63) is 59.4 Å². The molecule has 0 aliphatic heterocycles. The van der Waals surface area contributed by atoms with Crippen molar-refractivity contribution in [1.82, 2.24) is 20.4 Å². The highest BCUT2D eigenvalue weighted by atomic mass is 16.5. The van der Waals surface area contributed by atoms with Crippen molar-refractivity contribution < 1.29 is 19.1 Å². The number of hydrogen-bond donors (Lipinski definition) is 2. The minimum Gasteiger partial charge on any atom is -0.490 e. The number of ether oxygens (including phenoxy) is 2. The van der Waals surface area contributed by atoms with Gasteiger partial charge in [-0.25, -0.2) is 4.98 Å². The van der Waals surface area contributed by atoms with Gasteiger partial charge in [0.2, 0.25) is 0 Å². The van der Waals surface area contributed by atoms with Crippen molar-refractivity contribution in [3.63, 3.8) is 0 Å². The first-order valence-electron chi connectivity index (χ1n) is 11.5. The van der Waals surface area contributed by atoms with Crippen LogP contribution in [0.4, 0.5) is 0 Å². The fourth-order valence-corrected chi connectivity index (χ4v) is 3.47. The molecule has 3 rings (SSSR count). The Balaban J connectivity index is 1.61. The predicted octanol–water partition coefficient (Wildman–Crippen LogP) is 4.27. The first-order valence-corrected chi connectivity index (χ1v) is 11.5. The Morgan fingerprint density at radius 1 is 1.06 bits per heavy atom. The molecule has 1 heterocycles. The summed E-state index contributed by atoms with van der Waals surface area (Å²) in [6, 6.07) is 10.8. The van der Waals surface area contributed by atoms with E-state index in [0.29, 0.717) is 36.2 Å². The molecule has 1 aromatic heterocycles. The number of aromatic nitrogens is 2. The van der Waals surface area contributed by atoms with Crippen LogP contribution in [0.15, 0.2) is 42.5 Å². The molecule has 0 saturated carbocycles. The number of hydrazine groups is 1. The molecule has 0 saturated heterocycles. The Morgan fingerprint density at radius 2 is 1.85 bits per heavy atom. The summed E-state index contributed by atoms with van der Waals surface area (Å²) in [6.07, 6.45) is 2.98. The molecule has 34 heavy (non-hydrogen) atoms. The molecule has 0 aliphatic carbocycles. The van der Waals surface area contributed by atoms with Gasteiger partial charge in [-0.1, -0.05) is 19.9 Å². The summed E-state index contributed by atoms with van der Waals surface area (Å²) in [5.41, 5.74) is 7.73. The Bertz CT molecular complexity index is 1200. The summed E-state index contributed by atoms with van der Waals surface area (Å²) in [7, 11) is 0. The van der Waals surface area contributed by atoms with E-state index in [1.54, 1.807) is 18.2 Å². The molecule has 180 valence electrons. The molecule has 0 atom stereocenters. The molecular weight excluding hydrogens is 432 g/mol. The highest BCUT2D eigenvalue weighted by molar-refractivity contribution is 5.99. The molecule has 2 aromatic carbocycles. The molecule has 0 unspecified atom stereocenters. The topological polar surface area (TPSA) is 94.5 Å². The highest BCUT2D eigenvalue weighted by Crippen LogP contribution is 2.29. The average molecular weight is 465 g/mol. The fraction of sp³-hybridized carbons (Fsp3) is 0.346. The number of hydrogen-bond acceptors (Lipinski definition) is 5. The Kier molecular flexibility index (Phi) is 8.29. The number of aryl methyl sites for hydroxylation is 2. The van der Waals surface area contributed by atoms with E-state index in [1.165, 1.54) is 6.08 Å². The average Bonchev–Trinajstić information content (AvgIpc) is 3.14. The largest absolute Gasteiger partial charge is 0.490 e. The number of nitrogens with zero attached hydrogens (tertiary/aromatic N) is 2. The lowest BCUT2D eigenvalue weighted by atomic mass is 10.2. The van der Waals surface area contributed by atoms with Gasteiger partial charge in [0.15, 0.2) is 11.5 Å². The molecule has 0 fully saturated rings. The van der Waals surface area contributed by atoms with E-state index < -0.39 is 11.8 Å². The van der Waals surface area contributed by atoms with E-state index in [2.05, 4.69) is 34.3 Å². The molecular formula is C26H32N4O4. The zero-order valence-corrected chi connectivity index (χ0v) is 20.3. The van der Waals surface area contributed by atoms with Gasteiger partial charge < -0.3 is 14.0 Å². The standard InChI is InChI=1S/C26H32N4O4/c1-6-30-18(5)27-21-15-20(10-11-22(21)30)26(32)29-28-25(31)13-9-19-8-12-23(34-16-17(3)4)24(14-19)33-7-2/h8-15,17H,6-7,16H2,1-5H3,(H,28,31)(H,29,32)/b13-9+. The number of rotatable bonds is 9. The second-order valence-corrected chi connectivity index (χ2v) is 8.23. The lowest BCUT2D eigenvalue weighted by Crippen LogP contribution is -2.40. The van der Waals surface area contributed by atoms with Crippen LogP contribution in [0.2, 0.25) is 0 Å². The smallest absolute Gasteiger partial charge is 0.269 e. The van der Waals surface area contributed by atoms with Crippen LogP contribution in [0.25, 0.3) is 17.1 Å². The zero-order valence-electron chi connectivity index (χ0n) is 20.3. The molecule has 0 bridgehead atoms. The third-order valence-electron chi connectivity index (χ3n) is 5.08. The monoisotopic (exact) mass is 464 g/mol. The molecule has 8 heteroatoms. The number of imidazole rings is 1. The molecule has 0 radical (unpaired) electrons. The number of benzene rings is 2. The second kappa shape index (κ2) is 11.4. The fourth-order valence-electron chi connectivity index (χ4n) is 3.47. The maximum absolute atomic E-state index is 12.5. The van der Waals surface area contributed by atoms with Crippen molar-refractivity contribution in [2.45, 2.75) is 41.2 Å². The van der Waals surface area contributed by atoms with Gasteiger partial charge in [-0.15, -0.1) is 0 Å². The molecule has 0 spiro atoms. The van der Waals surface area contributed by atoms with Crippen molar-refractivity contribution >= 4 is 28.9 Å². The third-order valence-corrected chi connectivity index (χ3v) is 5.08. The van der Waals surface area contributed by atoms with E-state index >= 15 is 0 Å². The molecule has 8 nitrogen and oxygen atoms in total. The van der Waals surface area contributed by atoms with E-state index in [4.69, 9.17) is 9.47 Å². The van der Waals surface area contributed by atoms with Crippen LogP contribution in [0.3, 0.4) is 0 Å². The van der Waals surface area contributed by atoms with Crippen LogP contribution in [-0.2, 0) is 11.3 Å². The van der Waals surface area contributed by atoms with Crippen molar-refractivity contribution in [3.8, 4) is 11.5 Å². The summed E-state index contributed by atoms with van der Waals surface area (Å²) in [5, 5.41) is 0. The highest BCUT2D eigenvalue weighted by Gasteiger charge is 2.11. The van der Waals surface area contributed by atoms with Crippen molar-refractivity contribution in [2.75, 3.05) is 13.2 Å². The Hall–Kier alpha value is -3.81. The molecule has 2 amide bonds. The van der Waals surface area contributed by atoms with Gasteiger partial charge in [0.05, 0.1) is 24.2 Å². The lowest BCUT2D eigenvalue weighted by Gasteiger charge is -2.14. The summed E-state index contributed by atoms with van der Waals surface area (Å²) < 4.78 is 13.5. The number of fused-ring (bicyclic) bond motifs is 1.